The van der Waals surface area contributed by atoms with Crippen molar-refractivity contribution >= 4 is 23.4 Å². The summed E-state index contributed by atoms with van der Waals surface area (Å²) in [5.41, 5.74) is 2.35. The molecule has 0 saturated carbocycles. The minimum atomic E-state index is -0.939. The molecule has 1 aromatic heterocycles. The highest BCUT2D eigenvalue weighted by atomic mass is 35.5. The minimum Gasteiger partial charge on any atom is -0.478 e. The molecule has 0 atom stereocenters. The highest BCUT2D eigenvalue weighted by Gasteiger charge is 2.45. The van der Waals surface area contributed by atoms with E-state index in [1.807, 2.05) is 25.9 Å². The average Bonchev–Trinajstić information content (AvgIpc) is 2.59. The first-order valence-electron chi connectivity index (χ1n) is 8.90. The quantitative estimate of drug-likeness (QED) is 0.793. The molecule has 0 amide bonds. The van der Waals surface area contributed by atoms with E-state index in [0.29, 0.717) is 17.4 Å². The zero-order valence-corrected chi connectivity index (χ0v) is 16.3. The molecular formula is C19H26ClN3O3. The molecule has 3 heterocycles. The van der Waals surface area contributed by atoms with Crippen LogP contribution >= 0.6 is 11.6 Å². The van der Waals surface area contributed by atoms with Crippen molar-refractivity contribution in [2.75, 3.05) is 45.3 Å². The Kier molecular flexibility index (Phi) is 5.44. The maximum atomic E-state index is 11.6. The summed E-state index contributed by atoms with van der Waals surface area (Å²) in [5.74, 6) is -0.369. The largest absolute Gasteiger partial charge is 0.478 e. The third-order valence-corrected chi connectivity index (χ3v) is 5.92. The molecule has 3 rings (SSSR count). The van der Waals surface area contributed by atoms with E-state index < -0.39 is 5.97 Å². The Labute approximate surface area is 159 Å². The third kappa shape index (κ3) is 3.81. The minimum absolute atomic E-state index is 0.260. The van der Waals surface area contributed by atoms with E-state index in [2.05, 4.69) is 9.88 Å². The van der Waals surface area contributed by atoms with Gasteiger partial charge >= 0.3 is 5.97 Å². The van der Waals surface area contributed by atoms with Crippen molar-refractivity contribution in [3.63, 3.8) is 0 Å². The lowest BCUT2D eigenvalue weighted by Gasteiger charge is -2.53. The van der Waals surface area contributed by atoms with Crippen LogP contribution in [-0.2, 0) is 11.2 Å². The molecular weight excluding hydrogens is 354 g/mol. The Bertz CT molecular complexity index is 719. The maximum absolute atomic E-state index is 11.6. The van der Waals surface area contributed by atoms with Gasteiger partial charge in [0.1, 0.15) is 16.5 Å². The van der Waals surface area contributed by atoms with Gasteiger partial charge in [0.15, 0.2) is 0 Å². The van der Waals surface area contributed by atoms with Crippen molar-refractivity contribution in [3.8, 4) is 0 Å². The Morgan fingerprint density at radius 3 is 2.58 bits per heavy atom. The van der Waals surface area contributed by atoms with Gasteiger partial charge in [-0.25, -0.2) is 9.78 Å². The number of aromatic carboxylic acids is 1. The van der Waals surface area contributed by atoms with Gasteiger partial charge in [0.25, 0.3) is 0 Å². The van der Waals surface area contributed by atoms with E-state index in [0.717, 1.165) is 50.4 Å². The van der Waals surface area contributed by atoms with Crippen LogP contribution in [0.15, 0.2) is 22.9 Å². The van der Waals surface area contributed by atoms with Crippen LogP contribution < -0.4 is 4.90 Å². The van der Waals surface area contributed by atoms with Gasteiger partial charge in [-0.05, 0) is 37.5 Å². The van der Waals surface area contributed by atoms with E-state index in [9.17, 15) is 9.90 Å². The van der Waals surface area contributed by atoms with Gasteiger partial charge in [0.2, 0.25) is 0 Å². The molecule has 2 saturated heterocycles. The number of carboxylic acids is 1. The topological polar surface area (TPSA) is 65.9 Å². The lowest BCUT2D eigenvalue weighted by molar-refractivity contribution is -0.000579. The van der Waals surface area contributed by atoms with Gasteiger partial charge in [0.05, 0.1) is 0 Å². The second kappa shape index (κ2) is 7.45. The van der Waals surface area contributed by atoms with Gasteiger partial charge in [-0.3, -0.25) is 0 Å². The number of nitrogens with zero attached hydrogens (tertiary/aromatic N) is 3. The van der Waals surface area contributed by atoms with E-state index in [-0.39, 0.29) is 11.0 Å². The highest BCUT2D eigenvalue weighted by molar-refractivity contribution is 6.29. The fraction of sp³-hybridized carbons (Fsp3) is 0.579. The van der Waals surface area contributed by atoms with Crippen LogP contribution in [0.3, 0.4) is 0 Å². The number of aromatic nitrogens is 1. The normalized spacial score (nSPS) is 19.8. The summed E-state index contributed by atoms with van der Waals surface area (Å²) in [6, 6.07) is 3.44. The third-order valence-electron chi connectivity index (χ3n) is 5.26. The van der Waals surface area contributed by atoms with Crippen LogP contribution in [-0.4, -0.2) is 61.4 Å². The summed E-state index contributed by atoms with van der Waals surface area (Å²) in [5, 5.41) is 10.2. The second-order valence-electron chi connectivity index (χ2n) is 7.59. The van der Waals surface area contributed by atoms with Crippen LogP contribution in [0.5, 0.6) is 0 Å². The lowest BCUT2D eigenvalue weighted by Crippen LogP contribution is -2.59. The molecule has 2 fully saturated rings. The molecule has 1 spiro atoms. The predicted molar refractivity (Wildman–Crippen MR) is 102 cm³/mol. The number of rotatable bonds is 5. The van der Waals surface area contributed by atoms with Crippen molar-refractivity contribution in [2.24, 2.45) is 5.41 Å². The summed E-state index contributed by atoms with van der Waals surface area (Å²) in [4.78, 5) is 20.3. The van der Waals surface area contributed by atoms with Gasteiger partial charge in [-0.1, -0.05) is 11.6 Å². The van der Waals surface area contributed by atoms with Gasteiger partial charge in [-0.2, -0.15) is 0 Å². The number of pyridine rings is 1. The number of anilines is 1. The number of carboxylic acid groups (broad SMARTS) is 1. The Hall–Kier alpha value is -1.79. The molecule has 2 aliphatic heterocycles. The number of halogens is 1. The summed E-state index contributed by atoms with van der Waals surface area (Å²) in [6.45, 7) is 5.25. The Morgan fingerprint density at radius 1 is 1.35 bits per heavy atom. The van der Waals surface area contributed by atoms with Gasteiger partial charge in [0, 0.05) is 57.9 Å². The van der Waals surface area contributed by atoms with E-state index >= 15 is 0 Å². The smallest absolute Gasteiger partial charge is 0.339 e. The predicted octanol–water partition coefficient (Wildman–Crippen LogP) is 2.97. The van der Waals surface area contributed by atoms with E-state index in [4.69, 9.17) is 16.3 Å². The van der Waals surface area contributed by atoms with Crippen LogP contribution in [0.25, 0.3) is 0 Å². The van der Waals surface area contributed by atoms with Crippen LogP contribution in [0.1, 0.15) is 35.8 Å². The van der Waals surface area contributed by atoms with Crippen molar-refractivity contribution in [3.05, 3.63) is 34.1 Å². The van der Waals surface area contributed by atoms with Crippen molar-refractivity contribution in [2.45, 2.75) is 26.2 Å². The van der Waals surface area contributed by atoms with Gasteiger partial charge < -0.3 is 19.6 Å². The standard InChI is InChI=1S/C19H26ClN3O3/c1-13(16(20)22(2)3)10-14-4-5-15(18(24)25)17(21-14)23-11-19(12-23)6-8-26-9-7-19/h4-5H,6-12H2,1-3H3,(H,24,25)/b16-13-. The first-order chi connectivity index (χ1) is 12.3. The molecule has 0 aliphatic carbocycles. The molecule has 7 heteroatoms. The number of hydrogen-bond acceptors (Lipinski definition) is 5. The second-order valence-corrected chi connectivity index (χ2v) is 7.95. The van der Waals surface area contributed by atoms with Crippen LogP contribution in [0.4, 0.5) is 5.82 Å². The fourth-order valence-electron chi connectivity index (χ4n) is 3.75. The maximum Gasteiger partial charge on any atom is 0.339 e. The Balaban J connectivity index is 1.82. The number of ether oxygens (including phenoxy) is 1. The zero-order valence-electron chi connectivity index (χ0n) is 15.6. The zero-order chi connectivity index (χ0) is 18.9. The summed E-state index contributed by atoms with van der Waals surface area (Å²) >= 11 is 6.30. The van der Waals surface area contributed by atoms with Crippen molar-refractivity contribution in [1.29, 1.82) is 0 Å². The molecule has 0 radical (unpaired) electrons. The number of allylic oxidation sites excluding steroid dienone is 1. The summed E-state index contributed by atoms with van der Waals surface area (Å²) in [6.07, 6.45) is 2.66. The van der Waals surface area contributed by atoms with Crippen molar-refractivity contribution in [1.82, 2.24) is 9.88 Å². The molecule has 0 unspecified atom stereocenters. The molecule has 142 valence electrons. The van der Waals surface area contributed by atoms with Crippen LogP contribution in [0.2, 0.25) is 0 Å². The van der Waals surface area contributed by atoms with E-state index in [1.54, 1.807) is 12.1 Å². The fourth-order valence-corrected chi connectivity index (χ4v) is 3.82. The molecule has 1 N–H and O–H groups in total. The monoisotopic (exact) mass is 379 g/mol. The Morgan fingerprint density at radius 2 is 2.00 bits per heavy atom. The number of hydrogen-bond donors (Lipinski definition) is 1. The SMILES string of the molecule is C/C(Cc1ccc(C(=O)O)c(N2CC3(CCOCC3)C2)n1)=C(\Cl)N(C)C. The molecule has 6 nitrogen and oxygen atoms in total. The highest BCUT2D eigenvalue weighted by Crippen LogP contribution is 2.42. The van der Waals surface area contributed by atoms with Gasteiger partial charge in [-0.15, -0.1) is 0 Å². The molecule has 26 heavy (non-hydrogen) atoms. The lowest BCUT2D eigenvalue weighted by atomic mass is 9.73. The molecule has 2 aliphatic rings. The summed E-state index contributed by atoms with van der Waals surface area (Å²) in [7, 11) is 3.79. The first kappa shape index (κ1) is 19.0. The van der Waals surface area contributed by atoms with Crippen molar-refractivity contribution < 1.29 is 14.6 Å². The average molecular weight is 380 g/mol. The number of carbonyl (C=O) groups is 1. The molecule has 1 aromatic rings. The molecule has 0 bridgehead atoms. The molecule has 0 aromatic carbocycles. The van der Waals surface area contributed by atoms with E-state index in [1.165, 1.54) is 0 Å². The first-order valence-corrected chi connectivity index (χ1v) is 9.28. The van der Waals surface area contributed by atoms with Crippen LogP contribution in [0, 0.1) is 5.41 Å². The summed E-state index contributed by atoms with van der Waals surface area (Å²) < 4.78 is 5.46.